The number of rotatable bonds is 1. The maximum absolute atomic E-state index is 9.87. The molecule has 1 rings (SSSR count). The number of aliphatic imine (C=N–C) groups is 1. The van der Waals surface area contributed by atoms with E-state index in [1.165, 1.54) is 6.08 Å². The first-order chi connectivity index (χ1) is 5.22. The Bertz CT molecular complexity index is 298. The van der Waals surface area contributed by atoms with Crippen molar-refractivity contribution in [2.45, 2.75) is 0 Å². The quantitative estimate of drug-likeness (QED) is 0.572. The first-order valence-corrected chi connectivity index (χ1v) is 4.35. The molecule has 0 fully saturated rings. The minimum atomic E-state index is 0.584. The van der Waals surface area contributed by atoms with Crippen LogP contribution in [0.4, 0.5) is 5.69 Å². The van der Waals surface area contributed by atoms with E-state index in [1.807, 2.05) is 6.07 Å². The van der Waals surface area contributed by atoms with Crippen LogP contribution in [0.2, 0.25) is 0 Å². The number of hydrogen-bond donors (Lipinski definition) is 0. The molecule has 0 saturated carbocycles. The lowest BCUT2D eigenvalue weighted by Gasteiger charge is -1.93. The average Bonchev–Trinajstić information content (AvgIpc) is 1.85. The van der Waals surface area contributed by atoms with Gasteiger partial charge in [0.1, 0.15) is 0 Å². The van der Waals surface area contributed by atoms with Crippen molar-refractivity contribution >= 4 is 43.6 Å². The fourth-order valence-electron chi connectivity index (χ4n) is 0.657. The molecule has 0 spiro atoms. The van der Waals surface area contributed by atoms with Crippen molar-refractivity contribution in [3.8, 4) is 0 Å². The minimum Gasteiger partial charge on any atom is -0.211 e. The molecular formula is C7H3Br2NO. The van der Waals surface area contributed by atoms with Crippen molar-refractivity contribution in [2.75, 3.05) is 0 Å². The molecule has 0 N–H and O–H groups in total. The molecule has 0 aliphatic rings. The Morgan fingerprint density at radius 1 is 1.18 bits per heavy atom. The Labute approximate surface area is 80.6 Å². The topological polar surface area (TPSA) is 29.4 Å². The third-order valence-electron chi connectivity index (χ3n) is 1.02. The van der Waals surface area contributed by atoms with Gasteiger partial charge >= 0.3 is 0 Å². The molecule has 0 bridgehead atoms. The molecule has 2 nitrogen and oxygen atoms in total. The molecule has 0 amide bonds. The number of hydrogen-bond acceptors (Lipinski definition) is 2. The van der Waals surface area contributed by atoms with Crippen LogP contribution in [0.25, 0.3) is 0 Å². The van der Waals surface area contributed by atoms with Gasteiger partial charge in [0.15, 0.2) is 0 Å². The van der Waals surface area contributed by atoms with Gasteiger partial charge in [0, 0.05) is 8.95 Å². The van der Waals surface area contributed by atoms with Crippen LogP contribution in [-0.4, -0.2) is 6.08 Å². The van der Waals surface area contributed by atoms with Crippen molar-refractivity contribution in [3.05, 3.63) is 27.1 Å². The number of nitrogens with zero attached hydrogens (tertiary/aromatic N) is 1. The summed E-state index contributed by atoms with van der Waals surface area (Å²) in [6, 6.07) is 5.33. The van der Waals surface area contributed by atoms with Gasteiger partial charge in [-0.25, -0.2) is 4.79 Å². The van der Waals surface area contributed by atoms with Crippen molar-refractivity contribution in [2.24, 2.45) is 4.99 Å². The van der Waals surface area contributed by atoms with Crippen LogP contribution >= 0.6 is 31.9 Å². The van der Waals surface area contributed by atoms with Crippen LogP contribution in [0.5, 0.6) is 0 Å². The molecule has 0 heterocycles. The average molecular weight is 277 g/mol. The Hall–Kier alpha value is -0.440. The molecule has 56 valence electrons. The molecule has 0 unspecified atom stereocenters. The molecule has 11 heavy (non-hydrogen) atoms. The lowest BCUT2D eigenvalue weighted by molar-refractivity contribution is 0.565. The van der Waals surface area contributed by atoms with Gasteiger partial charge in [-0.2, -0.15) is 4.99 Å². The van der Waals surface area contributed by atoms with Crippen molar-refractivity contribution in [1.29, 1.82) is 0 Å². The molecule has 0 atom stereocenters. The molecule has 1 aromatic carbocycles. The number of isocyanates is 1. The summed E-state index contributed by atoms with van der Waals surface area (Å²) >= 11 is 6.53. The fraction of sp³-hybridized carbons (Fsp3) is 0. The standard InChI is InChI=1S/C7H3Br2NO/c8-5-1-6(9)3-7(2-5)10-4-11/h1-3H. The maximum Gasteiger partial charge on any atom is 0.240 e. The van der Waals surface area contributed by atoms with Gasteiger partial charge in [0.2, 0.25) is 6.08 Å². The summed E-state index contributed by atoms with van der Waals surface area (Å²) in [6.07, 6.45) is 1.47. The first kappa shape index (κ1) is 8.65. The van der Waals surface area contributed by atoms with E-state index in [4.69, 9.17) is 0 Å². The lowest BCUT2D eigenvalue weighted by atomic mass is 10.3. The second kappa shape index (κ2) is 3.81. The van der Waals surface area contributed by atoms with Crippen molar-refractivity contribution in [3.63, 3.8) is 0 Å². The second-order valence-electron chi connectivity index (χ2n) is 1.83. The predicted octanol–water partition coefficient (Wildman–Crippen LogP) is 3.18. The highest BCUT2D eigenvalue weighted by Gasteiger charge is 1.94. The highest BCUT2D eigenvalue weighted by molar-refractivity contribution is 9.11. The van der Waals surface area contributed by atoms with E-state index in [9.17, 15) is 4.79 Å². The zero-order valence-corrected chi connectivity index (χ0v) is 8.52. The maximum atomic E-state index is 9.87. The van der Waals surface area contributed by atoms with Gasteiger partial charge < -0.3 is 0 Å². The van der Waals surface area contributed by atoms with Gasteiger partial charge in [0.25, 0.3) is 0 Å². The SMILES string of the molecule is O=C=Nc1cc(Br)cc(Br)c1. The highest BCUT2D eigenvalue weighted by Crippen LogP contribution is 2.24. The van der Waals surface area contributed by atoms with Crippen LogP contribution in [0.15, 0.2) is 32.1 Å². The number of carbonyl (C=O) groups excluding carboxylic acids is 1. The third-order valence-corrected chi connectivity index (χ3v) is 1.94. The monoisotopic (exact) mass is 275 g/mol. The third kappa shape index (κ3) is 2.58. The smallest absolute Gasteiger partial charge is 0.211 e. The van der Waals surface area contributed by atoms with Crippen LogP contribution in [0.1, 0.15) is 0 Å². The lowest BCUT2D eigenvalue weighted by Crippen LogP contribution is -1.67. The number of halogens is 2. The summed E-state index contributed by atoms with van der Waals surface area (Å²) in [5, 5.41) is 0. The highest BCUT2D eigenvalue weighted by atomic mass is 79.9. The summed E-state index contributed by atoms with van der Waals surface area (Å²) in [7, 11) is 0. The van der Waals surface area contributed by atoms with Gasteiger partial charge in [-0.05, 0) is 18.2 Å². The van der Waals surface area contributed by atoms with Gasteiger partial charge in [-0.1, -0.05) is 31.9 Å². The molecule has 0 radical (unpaired) electrons. The van der Waals surface area contributed by atoms with Gasteiger partial charge in [0.05, 0.1) is 5.69 Å². The molecule has 0 saturated heterocycles. The van der Waals surface area contributed by atoms with E-state index in [-0.39, 0.29) is 0 Å². The molecule has 0 aliphatic carbocycles. The summed E-state index contributed by atoms with van der Waals surface area (Å²) in [5.74, 6) is 0. The second-order valence-corrected chi connectivity index (χ2v) is 3.66. The van der Waals surface area contributed by atoms with Crippen molar-refractivity contribution < 1.29 is 4.79 Å². The Kier molecular flexibility index (Phi) is 3.00. The van der Waals surface area contributed by atoms with E-state index < -0.39 is 0 Å². The zero-order valence-electron chi connectivity index (χ0n) is 5.34. The summed E-state index contributed by atoms with van der Waals surface area (Å²) in [4.78, 5) is 13.3. The molecule has 0 aromatic heterocycles. The van der Waals surface area contributed by atoms with E-state index in [0.717, 1.165) is 8.95 Å². The Balaban J connectivity index is 3.18. The van der Waals surface area contributed by atoms with Gasteiger partial charge in [-0.15, -0.1) is 0 Å². The zero-order chi connectivity index (χ0) is 8.27. The van der Waals surface area contributed by atoms with E-state index in [2.05, 4.69) is 36.9 Å². The van der Waals surface area contributed by atoms with E-state index in [1.54, 1.807) is 12.1 Å². The molecular weight excluding hydrogens is 274 g/mol. The molecule has 1 aromatic rings. The van der Waals surface area contributed by atoms with Crippen molar-refractivity contribution in [1.82, 2.24) is 0 Å². The Morgan fingerprint density at radius 3 is 2.18 bits per heavy atom. The van der Waals surface area contributed by atoms with Crippen LogP contribution in [0.3, 0.4) is 0 Å². The first-order valence-electron chi connectivity index (χ1n) is 2.76. The number of benzene rings is 1. The fourth-order valence-corrected chi connectivity index (χ4v) is 1.93. The normalized spacial score (nSPS) is 8.91. The van der Waals surface area contributed by atoms with E-state index >= 15 is 0 Å². The summed E-state index contributed by atoms with van der Waals surface area (Å²) in [5.41, 5.74) is 0.584. The van der Waals surface area contributed by atoms with E-state index in [0.29, 0.717) is 5.69 Å². The van der Waals surface area contributed by atoms with Crippen LogP contribution in [-0.2, 0) is 4.79 Å². The minimum absolute atomic E-state index is 0.584. The van der Waals surface area contributed by atoms with Crippen LogP contribution < -0.4 is 0 Å². The predicted molar refractivity (Wildman–Crippen MR) is 49.6 cm³/mol. The molecule has 0 aliphatic heterocycles. The molecule has 4 heteroatoms. The van der Waals surface area contributed by atoms with Crippen LogP contribution in [0, 0.1) is 0 Å². The summed E-state index contributed by atoms with van der Waals surface area (Å²) in [6.45, 7) is 0. The summed E-state index contributed by atoms with van der Waals surface area (Å²) < 4.78 is 1.75. The largest absolute Gasteiger partial charge is 0.240 e. The Morgan fingerprint density at radius 2 is 1.73 bits per heavy atom. The van der Waals surface area contributed by atoms with Gasteiger partial charge in [-0.3, -0.25) is 0 Å².